The van der Waals surface area contributed by atoms with Crippen LogP contribution in [0.5, 0.6) is 0 Å². The zero-order valence-electron chi connectivity index (χ0n) is 9.99. The summed E-state index contributed by atoms with van der Waals surface area (Å²) >= 11 is 0. The first-order valence-corrected chi connectivity index (χ1v) is 5.21. The Kier molecular flexibility index (Phi) is 4.17. The topological polar surface area (TPSA) is 4.93 Å². The molecule has 0 aliphatic carbocycles. The van der Waals surface area contributed by atoms with E-state index in [1.165, 1.54) is 16.8 Å². The third kappa shape index (κ3) is 3.62. The monoisotopic (exact) mass is 201 g/mol. The third-order valence-electron chi connectivity index (χ3n) is 2.63. The van der Waals surface area contributed by atoms with Crippen LogP contribution < -0.4 is 0 Å². The summed E-state index contributed by atoms with van der Waals surface area (Å²) in [7, 11) is 2.04. The lowest BCUT2D eigenvalue weighted by Gasteiger charge is -1.93. The average Bonchev–Trinajstić information content (AvgIpc) is 2.57. The molecular formula is C14H19N. The van der Waals surface area contributed by atoms with Gasteiger partial charge in [0, 0.05) is 18.9 Å². The van der Waals surface area contributed by atoms with Crippen molar-refractivity contribution in [3.05, 3.63) is 59.4 Å². The molecule has 80 valence electrons. The summed E-state index contributed by atoms with van der Waals surface area (Å²) in [6, 6.07) is 12.5. The molecule has 0 fully saturated rings. The van der Waals surface area contributed by atoms with Crippen molar-refractivity contribution in [3.63, 3.8) is 0 Å². The summed E-state index contributed by atoms with van der Waals surface area (Å²) in [5, 5.41) is 0. The molecule has 0 spiro atoms. The minimum absolute atomic E-state index is 1.31. The van der Waals surface area contributed by atoms with Crippen LogP contribution in [-0.4, -0.2) is 4.57 Å². The highest BCUT2D eigenvalue weighted by Crippen LogP contribution is 2.02. The van der Waals surface area contributed by atoms with Crippen LogP contribution in [0, 0.1) is 20.8 Å². The molecule has 1 nitrogen and oxygen atoms in total. The molecule has 0 atom stereocenters. The van der Waals surface area contributed by atoms with E-state index >= 15 is 0 Å². The lowest BCUT2D eigenvalue weighted by atomic mass is 10.1. The SMILES string of the molecule is Cc1ccccc1C.Cc1cccn1C. The van der Waals surface area contributed by atoms with Gasteiger partial charge in [-0.25, -0.2) is 0 Å². The maximum absolute atomic E-state index is 2.12. The fourth-order valence-electron chi connectivity index (χ4n) is 1.21. The van der Waals surface area contributed by atoms with Crippen molar-refractivity contribution in [1.82, 2.24) is 4.57 Å². The fourth-order valence-corrected chi connectivity index (χ4v) is 1.21. The second-order valence-electron chi connectivity index (χ2n) is 3.84. The molecule has 1 heteroatoms. The van der Waals surface area contributed by atoms with E-state index in [2.05, 4.69) is 55.7 Å². The van der Waals surface area contributed by atoms with Crippen LogP contribution in [0.25, 0.3) is 0 Å². The zero-order chi connectivity index (χ0) is 11.3. The number of hydrogen-bond acceptors (Lipinski definition) is 0. The maximum Gasteiger partial charge on any atom is 0.0140 e. The first-order chi connectivity index (χ1) is 7.11. The molecule has 2 aromatic rings. The highest BCUT2D eigenvalue weighted by molar-refractivity contribution is 5.23. The van der Waals surface area contributed by atoms with Gasteiger partial charge in [-0.2, -0.15) is 0 Å². The van der Waals surface area contributed by atoms with E-state index in [9.17, 15) is 0 Å². The Balaban J connectivity index is 0.000000151. The third-order valence-corrected chi connectivity index (χ3v) is 2.63. The van der Waals surface area contributed by atoms with Crippen molar-refractivity contribution in [2.24, 2.45) is 7.05 Å². The Labute approximate surface area is 92.4 Å². The summed E-state index contributed by atoms with van der Waals surface area (Å²) in [6.07, 6.45) is 2.04. The molecule has 1 aromatic carbocycles. The Morgan fingerprint density at radius 1 is 0.800 bits per heavy atom. The van der Waals surface area contributed by atoms with Crippen molar-refractivity contribution < 1.29 is 0 Å². The fraction of sp³-hybridized carbons (Fsp3) is 0.286. The van der Waals surface area contributed by atoms with Crippen LogP contribution in [0.4, 0.5) is 0 Å². The largest absolute Gasteiger partial charge is 0.355 e. The van der Waals surface area contributed by atoms with Gasteiger partial charge in [0.15, 0.2) is 0 Å². The van der Waals surface area contributed by atoms with Crippen molar-refractivity contribution in [3.8, 4) is 0 Å². The van der Waals surface area contributed by atoms with Crippen LogP contribution in [0.1, 0.15) is 16.8 Å². The second kappa shape index (κ2) is 5.40. The van der Waals surface area contributed by atoms with Gasteiger partial charge in [0.25, 0.3) is 0 Å². The van der Waals surface area contributed by atoms with Crippen LogP contribution >= 0.6 is 0 Å². The smallest absolute Gasteiger partial charge is 0.0140 e. The molecule has 0 unspecified atom stereocenters. The van der Waals surface area contributed by atoms with Gasteiger partial charge in [-0.1, -0.05) is 24.3 Å². The van der Waals surface area contributed by atoms with E-state index in [4.69, 9.17) is 0 Å². The van der Waals surface area contributed by atoms with E-state index in [-0.39, 0.29) is 0 Å². The lowest BCUT2D eigenvalue weighted by molar-refractivity contribution is 0.882. The minimum atomic E-state index is 1.31. The van der Waals surface area contributed by atoms with Crippen molar-refractivity contribution >= 4 is 0 Å². The number of hydrogen-bond donors (Lipinski definition) is 0. The summed E-state index contributed by atoms with van der Waals surface area (Å²) in [5.41, 5.74) is 4.04. The predicted octanol–water partition coefficient (Wildman–Crippen LogP) is 3.64. The molecule has 0 radical (unpaired) electrons. The number of aromatic nitrogens is 1. The molecular weight excluding hydrogens is 182 g/mol. The summed E-state index contributed by atoms with van der Waals surface area (Å²) in [6.45, 7) is 6.32. The van der Waals surface area contributed by atoms with E-state index in [1.807, 2.05) is 19.3 Å². The minimum Gasteiger partial charge on any atom is -0.355 e. The molecule has 0 aliphatic rings. The van der Waals surface area contributed by atoms with Gasteiger partial charge < -0.3 is 4.57 Å². The number of aryl methyl sites for hydroxylation is 4. The lowest BCUT2D eigenvalue weighted by Crippen LogP contribution is -1.84. The van der Waals surface area contributed by atoms with Gasteiger partial charge in [-0.3, -0.25) is 0 Å². The molecule has 0 N–H and O–H groups in total. The molecule has 0 saturated heterocycles. The van der Waals surface area contributed by atoms with E-state index in [0.29, 0.717) is 0 Å². The second-order valence-corrected chi connectivity index (χ2v) is 3.84. The Morgan fingerprint density at radius 2 is 1.33 bits per heavy atom. The van der Waals surface area contributed by atoms with Crippen LogP contribution in [0.2, 0.25) is 0 Å². The quantitative estimate of drug-likeness (QED) is 0.613. The van der Waals surface area contributed by atoms with E-state index in [1.54, 1.807) is 0 Å². The number of nitrogens with zero attached hydrogens (tertiary/aromatic N) is 1. The summed E-state index contributed by atoms with van der Waals surface area (Å²) < 4.78 is 2.08. The number of rotatable bonds is 0. The molecule has 1 aromatic heterocycles. The molecule has 0 bridgehead atoms. The molecule has 0 saturated carbocycles. The van der Waals surface area contributed by atoms with Gasteiger partial charge in [-0.15, -0.1) is 0 Å². The number of benzene rings is 1. The van der Waals surface area contributed by atoms with E-state index in [0.717, 1.165) is 0 Å². The van der Waals surface area contributed by atoms with E-state index < -0.39 is 0 Å². The van der Waals surface area contributed by atoms with Crippen molar-refractivity contribution in [1.29, 1.82) is 0 Å². The Hall–Kier alpha value is -1.50. The van der Waals surface area contributed by atoms with Crippen molar-refractivity contribution in [2.75, 3.05) is 0 Å². The Morgan fingerprint density at radius 3 is 1.53 bits per heavy atom. The highest BCUT2D eigenvalue weighted by atomic mass is 14.9. The zero-order valence-corrected chi connectivity index (χ0v) is 9.99. The van der Waals surface area contributed by atoms with Gasteiger partial charge in [-0.05, 0) is 44.0 Å². The maximum atomic E-state index is 2.12. The van der Waals surface area contributed by atoms with Crippen LogP contribution in [0.15, 0.2) is 42.6 Å². The first-order valence-electron chi connectivity index (χ1n) is 5.21. The average molecular weight is 201 g/mol. The molecule has 1 heterocycles. The molecule has 2 rings (SSSR count). The predicted molar refractivity (Wildman–Crippen MR) is 66.1 cm³/mol. The Bertz CT molecular complexity index is 375. The van der Waals surface area contributed by atoms with Gasteiger partial charge >= 0.3 is 0 Å². The van der Waals surface area contributed by atoms with Crippen molar-refractivity contribution in [2.45, 2.75) is 20.8 Å². The normalized spacial score (nSPS) is 9.33. The first kappa shape index (κ1) is 11.6. The molecule has 0 aliphatic heterocycles. The van der Waals surface area contributed by atoms with Gasteiger partial charge in [0.1, 0.15) is 0 Å². The van der Waals surface area contributed by atoms with Gasteiger partial charge in [0.05, 0.1) is 0 Å². The van der Waals surface area contributed by atoms with Crippen LogP contribution in [0.3, 0.4) is 0 Å². The highest BCUT2D eigenvalue weighted by Gasteiger charge is 1.84. The molecule has 15 heavy (non-hydrogen) atoms. The van der Waals surface area contributed by atoms with Crippen LogP contribution in [-0.2, 0) is 7.05 Å². The standard InChI is InChI=1S/C8H10.C6H9N/c1-7-5-3-4-6-8(7)2;1-6-4-3-5-7(6)2/h3-6H,1-2H3;3-5H,1-2H3. The van der Waals surface area contributed by atoms with Gasteiger partial charge in [0.2, 0.25) is 0 Å². The molecule has 0 amide bonds. The summed E-state index contributed by atoms with van der Waals surface area (Å²) in [4.78, 5) is 0. The summed E-state index contributed by atoms with van der Waals surface area (Å²) in [5.74, 6) is 0.